The highest BCUT2D eigenvalue weighted by Crippen LogP contribution is 2.29. The van der Waals surface area contributed by atoms with E-state index in [9.17, 15) is 18.0 Å². The number of rotatable bonds is 9. The quantitative estimate of drug-likeness (QED) is 0.337. The number of carbonyl (C=O) groups excluding carboxylic acids is 2. The molecule has 0 saturated heterocycles. The van der Waals surface area contributed by atoms with Gasteiger partial charge in [0.25, 0.3) is 10.1 Å². The molecule has 0 aromatic carbocycles. The third-order valence-corrected chi connectivity index (χ3v) is 4.98. The third-order valence-electron chi connectivity index (χ3n) is 4.41. The second-order valence-electron chi connectivity index (χ2n) is 8.37. The second-order valence-corrected chi connectivity index (χ2v) is 9.97. The third kappa shape index (κ3) is 11.9. The predicted octanol–water partition coefficient (Wildman–Crippen LogP) is 3.31. The summed E-state index contributed by atoms with van der Waals surface area (Å²) < 4.78 is 39.0. The maximum absolute atomic E-state index is 12.4. The van der Waals surface area contributed by atoms with Crippen LogP contribution in [0, 0.1) is 5.92 Å². The highest BCUT2D eigenvalue weighted by atomic mass is 32.2. The molecule has 168 valence electrons. The van der Waals surface area contributed by atoms with Crippen molar-refractivity contribution in [1.29, 1.82) is 0 Å². The second kappa shape index (κ2) is 11.5. The molecule has 1 aliphatic rings. The van der Waals surface area contributed by atoms with Crippen LogP contribution < -0.4 is 5.32 Å². The molecule has 0 bridgehead atoms. The van der Waals surface area contributed by atoms with Gasteiger partial charge in [-0.2, -0.15) is 8.42 Å². The summed E-state index contributed by atoms with van der Waals surface area (Å²) in [7, 11) is -3.84. The molecular weight excluding hydrogens is 398 g/mol. The van der Waals surface area contributed by atoms with Crippen molar-refractivity contribution in [2.75, 3.05) is 12.9 Å². The summed E-state index contributed by atoms with van der Waals surface area (Å²) in [5.41, 5.74) is -0.701. The van der Waals surface area contributed by atoms with Gasteiger partial charge in [0.15, 0.2) is 0 Å². The van der Waals surface area contributed by atoms with Crippen molar-refractivity contribution in [2.24, 2.45) is 5.92 Å². The van der Waals surface area contributed by atoms with Gasteiger partial charge in [-0.05, 0) is 46.1 Å². The SMILES string of the molecule is CCOC(=O)/C=C/[C@H](OS(C)(=O)=O)[C@H](CC1CCCCC1)NC(=O)OC(C)(C)C. The zero-order chi connectivity index (χ0) is 22.1. The van der Waals surface area contributed by atoms with E-state index in [0.717, 1.165) is 38.0 Å². The number of nitrogens with one attached hydrogen (secondary N) is 1. The highest BCUT2D eigenvalue weighted by Gasteiger charge is 2.30. The van der Waals surface area contributed by atoms with Crippen LogP contribution in [0.2, 0.25) is 0 Å². The van der Waals surface area contributed by atoms with Crippen LogP contribution in [0.1, 0.15) is 66.2 Å². The van der Waals surface area contributed by atoms with Gasteiger partial charge in [0, 0.05) is 6.08 Å². The largest absolute Gasteiger partial charge is 0.463 e. The molecule has 1 rings (SSSR count). The minimum absolute atomic E-state index is 0.197. The Morgan fingerprint density at radius 3 is 2.31 bits per heavy atom. The van der Waals surface area contributed by atoms with Crippen molar-refractivity contribution in [1.82, 2.24) is 5.32 Å². The van der Waals surface area contributed by atoms with Crippen LogP contribution in [0.3, 0.4) is 0 Å². The Morgan fingerprint density at radius 2 is 1.79 bits per heavy atom. The lowest BCUT2D eigenvalue weighted by Gasteiger charge is -2.31. The minimum Gasteiger partial charge on any atom is -0.463 e. The molecule has 1 saturated carbocycles. The van der Waals surface area contributed by atoms with E-state index < -0.39 is 39.9 Å². The molecule has 1 aliphatic carbocycles. The molecule has 1 N–H and O–H groups in total. The van der Waals surface area contributed by atoms with Crippen molar-refractivity contribution >= 4 is 22.2 Å². The molecule has 0 spiro atoms. The van der Waals surface area contributed by atoms with Crippen LogP contribution in [0.5, 0.6) is 0 Å². The summed E-state index contributed by atoms with van der Waals surface area (Å²) in [6, 6.07) is -0.673. The molecule has 29 heavy (non-hydrogen) atoms. The van der Waals surface area contributed by atoms with E-state index in [1.165, 1.54) is 12.5 Å². The minimum atomic E-state index is -3.84. The smallest absolute Gasteiger partial charge is 0.407 e. The summed E-state index contributed by atoms with van der Waals surface area (Å²) in [5, 5.41) is 2.75. The summed E-state index contributed by atoms with van der Waals surface area (Å²) in [5.74, 6) is -0.284. The van der Waals surface area contributed by atoms with E-state index in [1.54, 1.807) is 27.7 Å². The van der Waals surface area contributed by atoms with E-state index in [4.69, 9.17) is 13.7 Å². The lowest BCUT2D eigenvalue weighted by atomic mass is 9.83. The van der Waals surface area contributed by atoms with Gasteiger partial charge >= 0.3 is 12.1 Å². The number of alkyl carbamates (subject to hydrolysis) is 1. The lowest BCUT2D eigenvalue weighted by Crippen LogP contribution is -2.47. The molecule has 9 heteroatoms. The van der Waals surface area contributed by atoms with Gasteiger partial charge in [-0.3, -0.25) is 4.18 Å². The average molecular weight is 434 g/mol. The molecule has 0 radical (unpaired) electrons. The van der Waals surface area contributed by atoms with Gasteiger partial charge < -0.3 is 14.8 Å². The molecular formula is C20H35NO7S. The Hall–Kier alpha value is -1.61. The molecule has 1 fully saturated rings. The van der Waals surface area contributed by atoms with E-state index >= 15 is 0 Å². The van der Waals surface area contributed by atoms with Crippen LogP contribution in [-0.4, -0.2) is 51.1 Å². The molecule has 0 aliphatic heterocycles. The Balaban J connectivity index is 3.06. The van der Waals surface area contributed by atoms with Crippen molar-refractivity contribution in [3.05, 3.63) is 12.2 Å². The van der Waals surface area contributed by atoms with Crippen molar-refractivity contribution in [3.63, 3.8) is 0 Å². The zero-order valence-electron chi connectivity index (χ0n) is 18.1. The summed E-state index contributed by atoms with van der Waals surface area (Å²) >= 11 is 0. The van der Waals surface area contributed by atoms with Crippen LogP contribution in [-0.2, 0) is 28.6 Å². The van der Waals surface area contributed by atoms with Crippen LogP contribution >= 0.6 is 0 Å². The fourth-order valence-corrected chi connectivity index (χ4v) is 3.92. The number of ether oxygens (including phenoxy) is 2. The summed E-state index contributed by atoms with van der Waals surface area (Å²) in [6.45, 7) is 7.10. The van der Waals surface area contributed by atoms with E-state index in [0.29, 0.717) is 12.3 Å². The Bertz CT molecular complexity index is 661. The zero-order valence-corrected chi connectivity index (χ0v) is 18.9. The maximum Gasteiger partial charge on any atom is 0.407 e. The number of esters is 1. The van der Waals surface area contributed by atoms with Gasteiger partial charge in [0.1, 0.15) is 11.7 Å². The summed E-state index contributed by atoms with van der Waals surface area (Å²) in [6.07, 6.45) is 7.56. The van der Waals surface area contributed by atoms with Crippen LogP contribution in [0.15, 0.2) is 12.2 Å². The predicted molar refractivity (Wildman–Crippen MR) is 110 cm³/mol. The Labute approximate surface area is 174 Å². The van der Waals surface area contributed by atoms with Gasteiger partial charge in [0.05, 0.1) is 18.9 Å². The molecule has 2 atom stereocenters. The molecule has 0 aromatic rings. The van der Waals surface area contributed by atoms with Crippen molar-refractivity contribution in [3.8, 4) is 0 Å². The van der Waals surface area contributed by atoms with Gasteiger partial charge in [-0.1, -0.05) is 32.1 Å². The highest BCUT2D eigenvalue weighted by molar-refractivity contribution is 7.86. The first-order valence-electron chi connectivity index (χ1n) is 10.1. The van der Waals surface area contributed by atoms with Gasteiger partial charge in [-0.15, -0.1) is 0 Å². The fourth-order valence-electron chi connectivity index (χ4n) is 3.31. The molecule has 0 aromatic heterocycles. The average Bonchev–Trinajstić information content (AvgIpc) is 2.56. The normalized spacial score (nSPS) is 18.2. The number of hydrogen-bond donors (Lipinski definition) is 1. The standard InChI is InChI=1S/C20H35NO7S/c1-6-26-18(22)13-12-17(28-29(5,24)25)16(14-15-10-8-7-9-11-15)21-19(23)27-20(2,3)4/h12-13,15-17H,6-11,14H2,1-5H3,(H,21,23)/b13-12+/t16-,17-/m0/s1. The monoisotopic (exact) mass is 433 g/mol. The first-order chi connectivity index (χ1) is 13.4. The van der Waals surface area contributed by atoms with Crippen LogP contribution in [0.25, 0.3) is 0 Å². The van der Waals surface area contributed by atoms with Gasteiger partial charge in [0.2, 0.25) is 0 Å². The number of hydrogen-bond acceptors (Lipinski definition) is 7. The van der Waals surface area contributed by atoms with Crippen LogP contribution in [0.4, 0.5) is 4.79 Å². The van der Waals surface area contributed by atoms with Crippen molar-refractivity contribution in [2.45, 2.75) is 84.0 Å². The maximum atomic E-state index is 12.4. The lowest BCUT2D eigenvalue weighted by molar-refractivity contribution is -0.137. The number of amides is 1. The first-order valence-corrected chi connectivity index (χ1v) is 11.9. The van der Waals surface area contributed by atoms with E-state index in [1.807, 2.05) is 0 Å². The van der Waals surface area contributed by atoms with E-state index in [-0.39, 0.29) is 6.61 Å². The number of carbonyl (C=O) groups is 2. The molecule has 1 amide bonds. The molecule has 0 heterocycles. The molecule has 0 unspecified atom stereocenters. The Morgan fingerprint density at radius 1 is 1.17 bits per heavy atom. The first kappa shape index (κ1) is 25.4. The summed E-state index contributed by atoms with van der Waals surface area (Å²) in [4.78, 5) is 24.1. The molecule has 8 nitrogen and oxygen atoms in total. The topological polar surface area (TPSA) is 108 Å². The van der Waals surface area contributed by atoms with Gasteiger partial charge in [-0.25, -0.2) is 9.59 Å². The Kier molecular flexibility index (Phi) is 10.1. The van der Waals surface area contributed by atoms with Crippen molar-refractivity contribution < 1.29 is 31.7 Å². The van der Waals surface area contributed by atoms with E-state index in [2.05, 4.69) is 5.32 Å². The fraction of sp³-hybridized carbons (Fsp3) is 0.800.